The van der Waals surface area contributed by atoms with Crippen LogP contribution in [0.15, 0.2) is 60.7 Å². The van der Waals surface area contributed by atoms with Gasteiger partial charge in [-0.25, -0.2) is 4.39 Å². The molecule has 206 valence electrons. The number of rotatable bonds is 9. The zero-order valence-corrected chi connectivity index (χ0v) is 23.9. The zero-order valence-electron chi connectivity index (χ0n) is 23.9. The highest BCUT2D eigenvalue weighted by molar-refractivity contribution is 5.74. The van der Waals surface area contributed by atoms with Crippen LogP contribution in [0, 0.1) is 19.7 Å². The molecule has 3 aromatic rings. The van der Waals surface area contributed by atoms with Gasteiger partial charge in [-0.1, -0.05) is 87.4 Å². The number of halogens is 1. The summed E-state index contributed by atoms with van der Waals surface area (Å²) in [6.07, 6.45) is 9.75. The topological polar surface area (TPSA) is 46.5 Å². The number of carbonyl (C=O) groups excluding carboxylic acids is 1. The Morgan fingerprint density at radius 2 is 1.62 bits per heavy atom. The molecule has 1 fully saturated rings. The van der Waals surface area contributed by atoms with Crippen LogP contribution in [0.1, 0.15) is 85.8 Å². The van der Waals surface area contributed by atoms with Crippen molar-refractivity contribution in [3.8, 4) is 11.1 Å². The van der Waals surface area contributed by atoms with Crippen molar-refractivity contribution in [1.82, 2.24) is 0 Å². The molecule has 0 bridgehead atoms. The van der Waals surface area contributed by atoms with E-state index in [1.54, 1.807) is 6.07 Å². The van der Waals surface area contributed by atoms with Crippen molar-refractivity contribution in [3.63, 3.8) is 0 Å². The van der Waals surface area contributed by atoms with Crippen LogP contribution in [0.3, 0.4) is 0 Å². The Labute approximate surface area is 232 Å². The molecule has 3 nitrogen and oxygen atoms in total. The highest BCUT2D eigenvalue weighted by atomic mass is 19.1. The standard InChI is InChI=1S/C35H41FO3/c1-6-35(7-2,29-13-12-26(24(3)20-29)16-19-34(38)17-8-9-18-34)30-14-15-31(25(4)21-30)27-10-11-28(32(36)22-27)23-33(37)39-5/h10-16,19-22,38H,6-9,17-18,23H2,1-5H3/b19-16+. The number of aryl methyl sites for hydroxylation is 2. The average Bonchev–Trinajstić information content (AvgIpc) is 3.37. The van der Waals surface area contributed by atoms with Gasteiger partial charge in [-0.3, -0.25) is 4.79 Å². The Morgan fingerprint density at radius 1 is 0.974 bits per heavy atom. The summed E-state index contributed by atoms with van der Waals surface area (Å²) in [6.45, 7) is 8.69. The van der Waals surface area contributed by atoms with E-state index in [-0.39, 0.29) is 11.8 Å². The van der Waals surface area contributed by atoms with Crippen LogP contribution in [-0.2, 0) is 21.4 Å². The normalized spacial score (nSPS) is 15.2. The molecule has 0 heterocycles. The Balaban J connectivity index is 1.64. The van der Waals surface area contributed by atoms with Crippen molar-refractivity contribution in [2.75, 3.05) is 7.11 Å². The van der Waals surface area contributed by atoms with E-state index in [1.165, 1.54) is 29.9 Å². The van der Waals surface area contributed by atoms with E-state index >= 15 is 0 Å². The molecule has 1 N–H and O–H groups in total. The minimum atomic E-state index is -0.661. The molecule has 1 saturated carbocycles. The monoisotopic (exact) mass is 528 g/mol. The fourth-order valence-corrected chi connectivity index (χ4v) is 6.16. The smallest absolute Gasteiger partial charge is 0.310 e. The third-order valence-electron chi connectivity index (χ3n) is 8.78. The molecule has 0 spiro atoms. The van der Waals surface area contributed by atoms with Crippen molar-refractivity contribution in [3.05, 3.63) is 99.9 Å². The Morgan fingerprint density at radius 3 is 2.18 bits per heavy atom. The van der Waals surface area contributed by atoms with Gasteiger partial charge in [0.05, 0.1) is 19.1 Å². The lowest BCUT2D eigenvalue weighted by Crippen LogP contribution is -2.26. The summed E-state index contributed by atoms with van der Waals surface area (Å²) < 4.78 is 19.4. The van der Waals surface area contributed by atoms with Gasteiger partial charge in [0.15, 0.2) is 0 Å². The lowest BCUT2D eigenvalue weighted by Gasteiger charge is -2.34. The summed E-state index contributed by atoms with van der Waals surface area (Å²) >= 11 is 0. The van der Waals surface area contributed by atoms with E-state index in [4.69, 9.17) is 0 Å². The molecule has 0 aliphatic heterocycles. The number of hydrogen-bond acceptors (Lipinski definition) is 3. The van der Waals surface area contributed by atoms with Crippen molar-refractivity contribution >= 4 is 12.0 Å². The molecular weight excluding hydrogens is 487 g/mol. The first-order valence-electron chi connectivity index (χ1n) is 14.1. The molecular formula is C35H41FO3. The molecule has 1 aliphatic carbocycles. The van der Waals surface area contributed by atoms with Crippen molar-refractivity contribution in [2.24, 2.45) is 0 Å². The fourth-order valence-electron chi connectivity index (χ4n) is 6.16. The van der Waals surface area contributed by atoms with Gasteiger partial charge in [0.1, 0.15) is 5.82 Å². The third kappa shape index (κ3) is 6.01. The largest absolute Gasteiger partial charge is 0.469 e. The molecule has 4 heteroatoms. The number of carbonyl (C=O) groups is 1. The first kappa shape index (κ1) is 28.8. The zero-order chi connectivity index (χ0) is 28.2. The second kappa shape index (κ2) is 11.9. The molecule has 4 rings (SSSR count). The SMILES string of the molecule is CCC(CC)(c1ccc(/C=C/C2(O)CCCC2)c(C)c1)c1ccc(-c2ccc(CC(=O)OC)c(F)c2)c(C)c1. The van der Waals surface area contributed by atoms with Gasteiger partial charge in [-0.15, -0.1) is 0 Å². The maximum atomic E-state index is 14.8. The lowest BCUT2D eigenvalue weighted by molar-refractivity contribution is -0.139. The molecule has 39 heavy (non-hydrogen) atoms. The van der Waals surface area contributed by atoms with Crippen LogP contribution < -0.4 is 0 Å². The Bertz CT molecular complexity index is 1360. The van der Waals surface area contributed by atoms with E-state index in [0.717, 1.165) is 60.8 Å². The molecule has 0 amide bonds. The number of ether oxygens (including phenoxy) is 1. The summed E-state index contributed by atoms with van der Waals surface area (Å²) in [6, 6.07) is 18.3. The highest BCUT2D eigenvalue weighted by Gasteiger charge is 2.32. The first-order valence-corrected chi connectivity index (χ1v) is 14.1. The molecule has 3 aromatic carbocycles. The van der Waals surface area contributed by atoms with E-state index < -0.39 is 17.4 Å². The second-order valence-electron chi connectivity index (χ2n) is 11.1. The molecule has 0 aromatic heterocycles. The van der Waals surface area contributed by atoms with Gasteiger partial charge in [-0.2, -0.15) is 0 Å². The fraction of sp³-hybridized carbons (Fsp3) is 0.400. The third-order valence-corrected chi connectivity index (χ3v) is 8.78. The summed E-state index contributed by atoms with van der Waals surface area (Å²) in [5.41, 5.74) is 7.26. The first-order chi connectivity index (χ1) is 18.6. The van der Waals surface area contributed by atoms with Gasteiger partial charge < -0.3 is 9.84 Å². The average molecular weight is 529 g/mol. The van der Waals surface area contributed by atoms with Gasteiger partial charge in [-0.05, 0) is 90.1 Å². The van der Waals surface area contributed by atoms with Gasteiger partial charge in [0.2, 0.25) is 0 Å². The van der Waals surface area contributed by atoms with Crippen LogP contribution in [0.2, 0.25) is 0 Å². The summed E-state index contributed by atoms with van der Waals surface area (Å²) in [4.78, 5) is 11.6. The maximum absolute atomic E-state index is 14.8. The molecule has 0 atom stereocenters. The molecule has 1 aliphatic rings. The number of methoxy groups -OCH3 is 1. The van der Waals surface area contributed by atoms with E-state index in [2.05, 4.69) is 74.9 Å². The quantitative estimate of drug-likeness (QED) is 0.284. The second-order valence-corrected chi connectivity index (χ2v) is 11.1. The van der Waals surface area contributed by atoms with Crippen LogP contribution >= 0.6 is 0 Å². The van der Waals surface area contributed by atoms with Crippen LogP contribution in [0.5, 0.6) is 0 Å². The number of esters is 1. The Kier molecular flexibility index (Phi) is 8.76. The summed E-state index contributed by atoms with van der Waals surface area (Å²) in [5.74, 6) is -0.856. The minimum Gasteiger partial charge on any atom is -0.469 e. The number of benzene rings is 3. The van der Waals surface area contributed by atoms with Gasteiger partial charge in [0.25, 0.3) is 0 Å². The van der Waals surface area contributed by atoms with E-state index in [0.29, 0.717) is 5.56 Å². The maximum Gasteiger partial charge on any atom is 0.310 e. The van der Waals surface area contributed by atoms with Crippen molar-refractivity contribution < 1.29 is 19.0 Å². The lowest BCUT2D eigenvalue weighted by atomic mass is 9.69. The van der Waals surface area contributed by atoms with Crippen molar-refractivity contribution in [2.45, 2.75) is 83.7 Å². The summed E-state index contributed by atoms with van der Waals surface area (Å²) in [5, 5.41) is 10.7. The van der Waals surface area contributed by atoms with E-state index in [1.807, 2.05) is 12.1 Å². The number of hydrogen-bond donors (Lipinski definition) is 1. The molecule has 0 radical (unpaired) electrons. The predicted molar refractivity (Wildman–Crippen MR) is 157 cm³/mol. The Hall–Kier alpha value is -3.24. The number of aliphatic hydroxyl groups is 1. The molecule has 0 unspecified atom stereocenters. The minimum absolute atomic E-state index is 0.0784. The summed E-state index contributed by atoms with van der Waals surface area (Å²) in [7, 11) is 1.31. The predicted octanol–water partition coefficient (Wildman–Crippen LogP) is 8.25. The van der Waals surface area contributed by atoms with Crippen molar-refractivity contribution in [1.29, 1.82) is 0 Å². The van der Waals surface area contributed by atoms with Crippen LogP contribution in [-0.4, -0.2) is 23.8 Å². The van der Waals surface area contributed by atoms with Crippen LogP contribution in [0.4, 0.5) is 4.39 Å². The van der Waals surface area contributed by atoms with Crippen LogP contribution in [0.25, 0.3) is 17.2 Å². The van der Waals surface area contributed by atoms with E-state index in [9.17, 15) is 14.3 Å². The van der Waals surface area contributed by atoms with Gasteiger partial charge in [0, 0.05) is 5.41 Å². The highest BCUT2D eigenvalue weighted by Crippen LogP contribution is 2.41. The van der Waals surface area contributed by atoms with Gasteiger partial charge >= 0.3 is 5.97 Å². The molecule has 0 saturated heterocycles.